The predicted octanol–water partition coefficient (Wildman–Crippen LogP) is 3.00. The molecule has 138 valence electrons. The van der Waals surface area contributed by atoms with E-state index in [-0.39, 0.29) is 30.6 Å². The second kappa shape index (κ2) is 6.76. The number of nitrogens with zero attached hydrogens (tertiary/aromatic N) is 1. The van der Waals surface area contributed by atoms with Crippen LogP contribution in [0.2, 0.25) is 0 Å². The molecule has 0 unspecified atom stereocenters. The van der Waals surface area contributed by atoms with Crippen LogP contribution in [-0.4, -0.2) is 34.3 Å². The van der Waals surface area contributed by atoms with Crippen molar-refractivity contribution in [2.24, 2.45) is 0 Å². The highest BCUT2D eigenvalue weighted by molar-refractivity contribution is 6.26. The molecule has 1 atom stereocenters. The zero-order valence-electron chi connectivity index (χ0n) is 15.3. The average molecular weight is 363 g/mol. The monoisotopic (exact) mass is 363 g/mol. The number of pyridine rings is 1. The average Bonchev–Trinajstić information content (AvgIpc) is 2.97. The number of rotatable bonds is 5. The molecular weight excluding hydrogens is 342 g/mol. The Morgan fingerprint density at radius 1 is 0.963 bits per heavy atom. The van der Waals surface area contributed by atoms with E-state index in [4.69, 9.17) is 4.74 Å². The molecule has 1 aliphatic rings. The number of carbonyl (C=O) groups excluding carboxylic acids is 1. The van der Waals surface area contributed by atoms with Gasteiger partial charge in [-0.3, -0.25) is 9.59 Å². The number of aromatic nitrogens is 1. The van der Waals surface area contributed by atoms with Crippen LogP contribution in [0.15, 0.2) is 53.3 Å². The highest BCUT2D eigenvalue weighted by atomic mass is 16.5. The number of fused-ring (bicyclic) bond motifs is 5. The summed E-state index contributed by atoms with van der Waals surface area (Å²) in [5, 5.41) is 11.6. The molecule has 1 aromatic heterocycles. The lowest BCUT2D eigenvalue weighted by atomic mass is 10.0. The Morgan fingerprint density at radius 3 is 2.30 bits per heavy atom. The molecule has 1 N–H and O–H groups in total. The number of hydrogen-bond donors (Lipinski definition) is 1. The number of hydrogen-bond acceptors (Lipinski definition) is 4. The molecule has 0 saturated carbocycles. The highest BCUT2D eigenvalue weighted by Crippen LogP contribution is 2.39. The first-order chi connectivity index (χ1) is 13.0. The number of ether oxygens (including phenoxy) is 1. The third-order valence-electron chi connectivity index (χ3n) is 4.85. The van der Waals surface area contributed by atoms with Gasteiger partial charge in [-0.2, -0.15) is 0 Å². The van der Waals surface area contributed by atoms with Crippen molar-refractivity contribution in [2.75, 3.05) is 6.61 Å². The molecule has 3 aromatic rings. The van der Waals surface area contributed by atoms with Gasteiger partial charge in [0.25, 0.3) is 5.56 Å². The van der Waals surface area contributed by atoms with Crippen LogP contribution in [0.1, 0.15) is 29.8 Å². The molecule has 0 saturated heterocycles. The maximum atomic E-state index is 13.2. The van der Waals surface area contributed by atoms with Gasteiger partial charge in [-0.05, 0) is 19.9 Å². The van der Waals surface area contributed by atoms with E-state index in [1.165, 1.54) is 4.57 Å². The molecule has 0 bridgehead atoms. The van der Waals surface area contributed by atoms with Gasteiger partial charge < -0.3 is 14.4 Å². The number of aliphatic hydroxyl groups excluding tert-OH is 1. The summed E-state index contributed by atoms with van der Waals surface area (Å²) < 4.78 is 7.00. The molecule has 5 heteroatoms. The summed E-state index contributed by atoms with van der Waals surface area (Å²) in [6.07, 6.45) is -0.862. The molecule has 0 radical (unpaired) electrons. The number of carbonyl (C=O) groups is 1. The Morgan fingerprint density at radius 2 is 1.59 bits per heavy atom. The summed E-state index contributed by atoms with van der Waals surface area (Å²) in [4.78, 5) is 26.2. The van der Waals surface area contributed by atoms with Crippen molar-refractivity contribution in [2.45, 2.75) is 32.6 Å². The minimum absolute atomic E-state index is 0.0130. The maximum Gasteiger partial charge on any atom is 0.259 e. The lowest BCUT2D eigenvalue weighted by molar-refractivity contribution is -0.000833. The summed E-state index contributed by atoms with van der Waals surface area (Å²) in [6, 6.07) is 14.4. The van der Waals surface area contributed by atoms with Gasteiger partial charge in [-0.25, -0.2) is 0 Å². The minimum atomic E-state index is -0.849. The van der Waals surface area contributed by atoms with Crippen LogP contribution in [0.5, 0.6) is 0 Å². The van der Waals surface area contributed by atoms with Crippen molar-refractivity contribution >= 4 is 16.6 Å². The molecule has 4 rings (SSSR count). The van der Waals surface area contributed by atoms with E-state index in [1.54, 1.807) is 18.2 Å². The normalized spacial score (nSPS) is 13.9. The topological polar surface area (TPSA) is 68.5 Å². The van der Waals surface area contributed by atoms with Crippen LogP contribution in [0.3, 0.4) is 0 Å². The van der Waals surface area contributed by atoms with E-state index >= 15 is 0 Å². The summed E-state index contributed by atoms with van der Waals surface area (Å²) in [5.74, 6) is -0.0847. The molecule has 27 heavy (non-hydrogen) atoms. The van der Waals surface area contributed by atoms with Crippen molar-refractivity contribution < 1.29 is 14.6 Å². The van der Waals surface area contributed by atoms with Crippen LogP contribution in [0.4, 0.5) is 0 Å². The van der Waals surface area contributed by atoms with Gasteiger partial charge in [0.2, 0.25) is 0 Å². The van der Waals surface area contributed by atoms with E-state index in [1.807, 2.05) is 44.2 Å². The molecule has 0 spiro atoms. The molecule has 1 aliphatic carbocycles. The number of ketones is 1. The minimum Gasteiger partial charge on any atom is -0.389 e. The Kier molecular flexibility index (Phi) is 4.42. The molecular formula is C22H21NO4. The first kappa shape index (κ1) is 17.6. The summed E-state index contributed by atoms with van der Waals surface area (Å²) in [5.41, 5.74) is 2.23. The van der Waals surface area contributed by atoms with Crippen LogP contribution in [0.25, 0.3) is 22.0 Å². The number of benzene rings is 2. The lowest BCUT2D eigenvalue weighted by Gasteiger charge is -2.19. The molecule has 5 nitrogen and oxygen atoms in total. The van der Waals surface area contributed by atoms with Crippen LogP contribution < -0.4 is 5.56 Å². The van der Waals surface area contributed by atoms with Gasteiger partial charge in [-0.1, -0.05) is 42.5 Å². The fourth-order valence-corrected chi connectivity index (χ4v) is 3.67. The number of aliphatic hydroxyl groups is 1. The molecule has 1 heterocycles. The largest absolute Gasteiger partial charge is 0.389 e. The fourth-order valence-electron chi connectivity index (χ4n) is 3.67. The second-order valence-corrected chi connectivity index (χ2v) is 7.10. The predicted molar refractivity (Wildman–Crippen MR) is 104 cm³/mol. The van der Waals surface area contributed by atoms with Crippen molar-refractivity contribution in [3.8, 4) is 11.3 Å². The van der Waals surface area contributed by atoms with E-state index in [2.05, 4.69) is 0 Å². The molecule has 0 aliphatic heterocycles. The lowest BCUT2D eigenvalue weighted by Crippen LogP contribution is -2.31. The van der Waals surface area contributed by atoms with Crippen LogP contribution in [0, 0.1) is 0 Å². The first-order valence-corrected chi connectivity index (χ1v) is 9.08. The van der Waals surface area contributed by atoms with Crippen molar-refractivity contribution in [3.05, 3.63) is 70.0 Å². The fraction of sp³-hybridized carbons (Fsp3) is 0.273. The van der Waals surface area contributed by atoms with E-state index in [0.29, 0.717) is 27.6 Å². The molecule has 2 aromatic carbocycles. The van der Waals surface area contributed by atoms with E-state index in [9.17, 15) is 14.7 Å². The van der Waals surface area contributed by atoms with Crippen LogP contribution in [-0.2, 0) is 11.3 Å². The third-order valence-corrected chi connectivity index (χ3v) is 4.85. The van der Waals surface area contributed by atoms with Crippen molar-refractivity contribution in [3.63, 3.8) is 0 Å². The highest BCUT2D eigenvalue weighted by Gasteiger charge is 2.32. The molecule has 0 amide bonds. The molecule has 0 fully saturated rings. The van der Waals surface area contributed by atoms with Gasteiger partial charge in [0, 0.05) is 21.9 Å². The Labute approximate surface area is 156 Å². The Balaban J connectivity index is 1.94. The zero-order chi connectivity index (χ0) is 19.1. The van der Waals surface area contributed by atoms with Crippen molar-refractivity contribution in [1.29, 1.82) is 0 Å². The second-order valence-electron chi connectivity index (χ2n) is 7.10. The van der Waals surface area contributed by atoms with E-state index < -0.39 is 6.10 Å². The summed E-state index contributed by atoms with van der Waals surface area (Å²) in [7, 11) is 0. The third kappa shape index (κ3) is 2.89. The first-order valence-electron chi connectivity index (χ1n) is 9.08. The van der Waals surface area contributed by atoms with Crippen LogP contribution >= 0.6 is 0 Å². The van der Waals surface area contributed by atoms with E-state index in [0.717, 1.165) is 5.56 Å². The SMILES string of the molecule is CC(C)OC[C@@H](O)Cn1c2c(c3ccccc3c1=O)C(=O)c1ccccc1-2. The van der Waals surface area contributed by atoms with Gasteiger partial charge in [-0.15, -0.1) is 0 Å². The van der Waals surface area contributed by atoms with Crippen molar-refractivity contribution in [1.82, 2.24) is 4.57 Å². The Hall–Kier alpha value is -2.76. The summed E-state index contributed by atoms with van der Waals surface area (Å²) in [6.45, 7) is 3.98. The maximum absolute atomic E-state index is 13.2. The standard InChI is InChI=1S/C22H21NO4/c1-13(2)27-12-14(24)11-23-20-16-8-4-5-9-17(16)21(25)19(20)15-7-3-6-10-18(15)22(23)26/h3-10,13-14,24H,11-12H2,1-2H3/t14-/m0/s1. The van der Waals surface area contributed by atoms with Gasteiger partial charge in [0.15, 0.2) is 5.78 Å². The Bertz CT molecular complexity index is 1100. The smallest absolute Gasteiger partial charge is 0.259 e. The zero-order valence-corrected chi connectivity index (χ0v) is 15.3. The van der Waals surface area contributed by atoms with Gasteiger partial charge in [0.1, 0.15) is 0 Å². The van der Waals surface area contributed by atoms with Gasteiger partial charge >= 0.3 is 0 Å². The quantitative estimate of drug-likeness (QED) is 0.592. The van der Waals surface area contributed by atoms with Gasteiger partial charge in [0.05, 0.1) is 36.6 Å². The summed E-state index contributed by atoms with van der Waals surface area (Å²) >= 11 is 0.